The van der Waals surface area contributed by atoms with Crippen LogP contribution in [0.3, 0.4) is 0 Å². The van der Waals surface area contributed by atoms with Gasteiger partial charge in [0.25, 0.3) is 9.05 Å². The summed E-state index contributed by atoms with van der Waals surface area (Å²) in [7, 11) is 2.46. The highest BCUT2D eigenvalue weighted by molar-refractivity contribution is 8.13. The van der Waals surface area contributed by atoms with E-state index in [-0.39, 0.29) is 22.5 Å². The summed E-state index contributed by atoms with van der Waals surface area (Å²) in [5.74, 6) is -1.41. The molecule has 2 aromatic rings. The number of ether oxygens (including phenoxy) is 1. The van der Waals surface area contributed by atoms with E-state index < -0.39 is 20.8 Å². The lowest BCUT2D eigenvalue weighted by atomic mass is 10.3. The molecule has 0 atom stereocenters. The van der Waals surface area contributed by atoms with Crippen molar-refractivity contribution in [3.63, 3.8) is 0 Å². The SMILES string of the molecule is COC(=O)Cn1c(=O)oc2cc(S(=O)(=O)Cl)ccc21. The zero-order valence-electron chi connectivity index (χ0n) is 9.62. The van der Waals surface area contributed by atoms with Crippen LogP contribution >= 0.6 is 10.7 Å². The summed E-state index contributed by atoms with van der Waals surface area (Å²) in [5, 5.41) is 0. The molecule has 0 saturated heterocycles. The van der Waals surface area contributed by atoms with Crippen LogP contribution in [0.2, 0.25) is 0 Å². The van der Waals surface area contributed by atoms with Gasteiger partial charge in [0.05, 0.1) is 17.5 Å². The molecule has 0 N–H and O–H groups in total. The number of hydrogen-bond donors (Lipinski definition) is 0. The molecule has 102 valence electrons. The van der Waals surface area contributed by atoms with Crippen LogP contribution in [-0.4, -0.2) is 26.1 Å². The Morgan fingerprint density at radius 2 is 2.16 bits per heavy atom. The van der Waals surface area contributed by atoms with Crippen molar-refractivity contribution in [3.8, 4) is 0 Å². The number of esters is 1. The molecule has 0 aliphatic carbocycles. The first-order valence-electron chi connectivity index (χ1n) is 4.98. The Morgan fingerprint density at radius 1 is 1.47 bits per heavy atom. The van der Waals surface area contributed by atoms with Gasteiger partial charge in [-0.05, 0) is 12.1 Å². The Bertz CT molecular complexity index is 803. The second kappa shape index (κ2) is 4.71. The molecule has 1 aromatic carbocycles. The fraction of sp³-hybridized carbons (Fsp3) is 0.200. The van der Waals surface area contributed by atoms with E-state index >= 15 is 0 Å². The molecule has 2 rings (SSSR count). The minimum Gasteiger partial charge on any atom is -0.468 e. The van der Waals surface area contributed by atoms with Crippen molar-refractivity contribution in [3.05, 3.63) is 28.7 Å². The molecule has 0 bridgehead atoms. The third kappa shape index (κ3) is 2.64. The molecule has 0 fully saturated rings. The molecule has 1 heterocycles. The van der Waals surface area contributed by atoms with Crippen LogP contribution in [0, 0.1) is 0 Å². The molecule has 0 unspecified atom stereocenters. The van der Waals surface area contributed by atoms with E-state index in [2.05, 4.69) is 4.74 Å². The maximum absolute atomic E-state index is 11.6. The van der Waals surface area contributed by atoms with Gasteiger partial charge in [0.2, 0.25) is 0 Å². The van der Waals surface area contributed by atoms with Crippen LogP contribution in [0.15, 0.2) is 32.3 Å². The van der Waals surface area contributed by atoms with Crippen LogP contribution < -0.4 is 5.76 Å². The highest BCUT2D eigenvalue weighted by atomic mass is 35.7. The molecule has 0 saturated carbocycles. The van der Waals surface area contributed by atoms with Crippen molar-refractivity contribution in [2.24, 2.45) is 0 Å². The number of carbonyl (C=O) groups excluding carboxylic acids is 1. The monoisotopic (exact) mass is 305 g/mol. The van der Waals surface area contributed by atoms with Crippen LogP contribution in [0.5, 0.6) is 0 Å². The Labute approximate surface area is 111 Å². The fourth-order valence-corrected chi connectivity index (χ4v) is 2.31. The van der Waals surface area contributed by atoms with Gasteiger partial charge in [-0.1, -0.05) is 0 Å². The summed E-state index contributed by atoms with van der Waals surface area (Å²) in [6.07, 6.45) is 0. The minimum absolute atomic E-state index is 0.0237. The van der Waals surface area contributed by atoms with Crippen LogP contribution in [-0.2, 0) is 25.1 Å². The average molecular weight is 306 g/mol. The third-order valence-corrected chi connectivity index (χ3v) is 3.79. The second-order valence-corrected chi connectivity index (χ2v) is 6.16. The van der Waals surface area contributed by atoms with Crippen molar-refractivity contribution in [1.82, 2.24) is 4.57 Å². The van der Waals surface area contributed by atoms with E-state index in [9.17, 15) is 18.0 Å². The van der Waals surface area contributed by atoms with Crippen LogP contribution in [0.1, 0.15) is 0 Å². The number of methoxy groups -OCH3 is 1. The van der Waals surface area contributed by atoms with Gasteiger partial charge in [0.15, 0.2) is 5.58 Å². The fourth-order valence-electron chi connectivity index (χ4n) is 1.54. The van der Waals surface area contributed by atoms with Crippen molar-refractivity contribution < 1.29 is 22.4 Å². The van der Waals surface area contributed by atoms with E-state index in [4.69, 9.17) is 15.1 Å². The van der Waals surface area contributed by atoms with Crippen molar-refractivity contribution in [1.29, 1.82) is 0 Å². The lowest BCUT2D eigenvalue weighted by molar-refractivity contribution is -0.141. The largest absolute Gasteiger partial charge is 0.468 e. The first-order chi connectivity index (χ1) is 8.82. The van der Waals surface area contributed by atoms with Crippen LogP contribution in [0.25, 0.3) is 11.1 Å². The van der Waals surface area contributed by atoms with E-state index in [1.807, 2.05) is 0 Å². The molecule has 1 aromatic heterocycles. The van der Waals surface area contributed by atoms with Gasteiger partial charge in [-0.3, -0.25) is 9.36 Å². The van der Waals surface area contributed by atoms with E-state index in [1.165, 1.54) is 19.2 Å². The molecule has 0 aliphatic heterocycles. The predicted molar refractivity (Wildman–Crippen MR) is 65.5 cm³/mol. The number of aromatic nitrogens is 1. The predicted octanol–water partition coefficient (Wildman–Crippen LogP) is 0.695. The number of carbonyl (C=O) groups is 1. The number of nitrogens with zero attached hydrogens (tertiary/aromatic N) is 1. The second-order valence-electron chi connectivity index (χ2n) is 3.60. The lowest BCUT2D eigenvalue weighted by Crippen LogP contribution is -2.20. The number of hydrogen-bond acceptors (Lipinski definition) is 6. The average Bonchev–Trinajstić information content (AvgIpc) is 2.64. The van der Waals surface area contributed by atoms with Crippen molar-refractivity contribution >= 4 is 36.8 Å². The molecule has 0 radical (unpaired) electrons. The molecule has 7 nitrogen and oxygen atoms in total. The summed E-state index contributed by atoms with van der Waals surface area (Å²) in [5.41, 5.74) is 0.301. The quantitative estimate of drug-likeness (QED) is 0.611. The van der Waals surface area contributed by atoms with Crippen molar-refractivity contribution in [2.45, 2.75) is 11.4 Å². The van der Waals surface area contributed by atoms with Gasteiger partial charge in [0.1, 0.15) is 6.54 Å². The van der Waals surface area contributed by atoms with Gasteiger partial charge in [-0.2, -0.15) is 0 Å². The van der Waals surface area contributed by atoms with E-state index in [0.717, 1.165) is 10.6 Å². The molecule has 0 aliphatic rings. The number of oxazole rings is 1. The zero-order chi connectivity index (χ0) is 14.2. The molecule has 0 amide bonds. The summed E-state index contributed by atoms with van der Waals surface area (Å²) >= 11 is 0. The summed E-state index contributed by atoms with van der Waals surface area (Å²) < 4.78 is 32.7. The topological polar surface area (TPSA) is 95.6 Å². The van der Waals surface area contributed by atoms with Crippen molar-refractivity contribution in [2.75, 3.05) is 7.11 Å². The summed E-state index contributed by atoms with van der Waals surface area (Å²) in [6.45, 7) is -0.324. The molecule has 19 heavy (non-hydrogen) atoms. The Hall–Kier alpha value is -1.80. The van der Waals surface area contributed by atoms with E-state index in [0.29, 0.717) is 0 Å². The summed E-state index contributed by atoms with van der Waals surface area (Å²) in [6, 6.07) is 3.67. The molecular weight excluding hydrogens is 298 g/mol. The summed E-state index contributed by atoms with van der Waals surface area (Å²) in [4.78, 5) is 22.5. The van der Waals surface area contributed by atoms with Gasteiger partial charge >= 0.3 is 11.7 Å². The van der Waals surface area contributed by atoms with Gasteiger partial charge in [0, 0.05) is 16.7 Å². The molecule has 9 heteroatoms. The number of halogens is 1. The smallest absolute Gasteiger partial charge is 0.420 e. The lowest BCUT2D eigenvalue weighted by Gasteiger charge is -2.00. The number of fused-ring (bicyclic) bond motifs is 1. The normalized spacial score (nSPS) is 11.7. The number of rotatable bonds is 3. The first-order valence-corrected chi connectivity index (χ1v) is 7.29. The third-order valence-electron chi connectivity index (χ3n) is 2.44. The standard InChI is InChI=1S/C10H8ClNO6S/c1-17-9(13)5-12-7-3-2-6(19(11,15)16)4-8(7)18-10(12)14/h2-4H,5H2,1H3. The Morgan fingerprint density at radius 3 is 2.74 bits per heavy atom. The van der Waals surface area contributed by atoms with Crippen LogP contribution in [0.4, 0.5) is 0 Å². The number of benzene rings is 1. The maximum atomic E-state index is 11.6. The van der Waals surface area contributed by atoms with Gasteiger partial charge < -0.3 is 9.15 Å². The maximum Gasteiger partial charge on any atom is 0.420 e. The van der Waals surface area contributed by atoms with E-state index in [1.54, 1.807) is 0 Å². The molecular formula is C10H8ClNO6S. The molecule has 0 spiro atoms. The highest BCUT2D eigenvalue weighted by Gasteiger charge is 2.16. The Balaban J connectivity index is 2.61. The zero-order valence-corrected chi connectivity index (χ0v) is 11.2. The Kier molecular flexibility index (Phi) is 3.38. The minimum atomic E-state index is -3.92. The first kappa shape index (κ1) is 13.6. The van der Waals surface area contributed by atoms with Gasteiger partial charge in [-0.25, -0.2) is 13.2 Å². The highest BCUT2D eigenvalue weighted by Crippen LogP contribution is 2.21. The van der Waals surface area contributed by atoms with Gasteiger partial charge in [-0.15, -0.1) is 0 Å².